The molecule has 31 heavy (non-hydrogen) atoms. The Morgan fingerprint density at radius 1 is 0.903 bits per heavy atom. The predicted octanol–water partition coefficient (Wildman–Crippen LogP) is 3.71. The van der Waals surface area contributed by atoms with Crippen LogP contribution in [0.2, 0.25) is 0 Å². The second-order valence-electron chi connectivity index (χ2n) is 6.34. The Morgan fingerprint density at radius 3 is 2.35 bits per heavy atom. The smallest absolute Gasteiger partial charge is 0.276 e. The fourth-order valence-corrected chi connectivity index (χ4v) is 2.92. The van der Waals surface area contributed by atoms with Gasteiger partial charge in [-0.15, -0.1) is 0 Å². The summed E-state index contributed by atoms with van der Waals surface area (Å²) in [4.78, 5) is 8.01. The van der Waals surface area contributed by atoms with Gasteiger partial charge in [0.05, 0.1) is 16.9 Å². The van der Waals surface area contributed by atoms with Crippen molar-refractivity contribution in [2.45, 2.75) is 0 Å². The summed E-state index contributed by atoms with van der Waals surface area (Å²) in [6.45, 7) is 0. The van der Waals surface area contributed by atoms with Gasteiger partial charge in [0.1, 0.15) is 11.5 Å². The largest absolute Gasteiger partial charge is 0.392 e. The van der Waals surface area contributed by atoms with E-state index >= 15 is 0 Å². The van der Waals surface area contributed by atoms with E-state index in [0.29, 0.717) is 5.56 Å². The fraction of sp³-hybridized carbons (Fsp3) is 0. The van der Waals surface area contributed by atoms with Crippen LogP contribution in [-0.4, -0.2) is 15.1 Å². The fourth-order valence-electron chi connectivity index (χ4n) is 2.92. The van der Waals surface area contributed by atoms with Crippen LogP contribution >= 0.6 is 0 Å². The van der Waals surface area contributed by atoms with Crippen molar-refractivity contribution < 1.29 is 17.7 Å². The quantitative estimate of drug-likeness (QED) is 0.371. The van der Waals surface area contributed by atoms with E-state index < -0.39 is 17.5 Å². The van der Waals surface area contributed by atoms with Gasteiger partial charge in [0.25, 0.3) is 5.89 Å². The van der Waals surface area contributed by atoms with Crippen LogP contribution in [0, 0.1) is 17.5 Å². The third kappa shape index (κ3) is 3.83. The minimum atomic E-state index is -1.13. The highest BCUT2D eigenvalue weighted by Gasteiger charge is 2.23. The number of nitrogens with zero attached hydrogens (tertiary/aromatic N) is 4. The topological polar surface area (TPSA) is 107 Å². The number of rotatable bonds is 5. The number of hydrazine groups is 1. The molecule has 7 nitrogen and oxygen atoms in total. The monoisotopic (exact) mass is 424 g/mol. The van der Waals surface area contributed by atoms with Crippen LogP contribution in [0.1, 0.15) is 11.5 Å². The Bertz CT molecular complexity index is 1260. The lowest BCUT2D eigenvalue weighted by molar-refractivity contribution is 0.407. The highest BCUT2D eigenvalue weighted by Crippen LogP contribution is 2.30. The molecule has 4 N–H and O–H groups in total. The molecule has 0 radical (unpaired) electrons. The van der Waals surface area contributed by atoms with Crippen molar-refractivity contribution in [3.63, 3.8) is 0 Å². The summed E-state index contributed by atoms with van der Waals surface area (Å²) >= 11 is 0. The normalized spacial score (nSPS) is 11.9. The number of aromatic nitrogens is 3. The SMILES string of the molecule is N/C(=C(/c1ccncc1)N(N)c1ccccc1F)c1nc(-c2cccc(F)c2F)no1. The molecule has 0 atom stereocenters. The molecule has 2 aromatic heterocycles. The average molecular weight is 424 g/mol. The van der Waals surface area contributed by atoms with Gasteiger partial charge >= 0.3 is 0 Å². The summed E-state index contributed by atoms with van der Waals surface area (Å²) in [6, 6.07) is 12.6. The van der Waals surface area contributed by atoms with E-state index in [1.807, 2.05) is 0 Å². The number of anilines is 1. The van der Waals surface area contributed by atoms with E-state index in [9.17, 15) is 13.2 Å². The molecule has 10 heteroatoms. The van der Waals surface area contributed by atoms with Crippen LogP contribution in [0.25, 0.3) is 22.8 Å². The molecule has 0 amide bonds. The third-order valence-corrected chi connectivity index (χ3v) is 4.41. The van der Waals surface area contributed by atoms with Crippen LogP contribution in [0.4, 0.5) is 18.9 Å². The molecule has 0 aliphatic rings. The van der Waals surface area contributed by atoms with Crippen LogP contribution in [0.3, 0.4) is 0 Å². The highest BCUT2D eigenvalue weighted by atomic mass is 19.2. The zero-order valence-corrected chi connectivity index (χ0v) is 15.8. The number of pyridine rings is 1. The van der Waals surface area contributed by atoms with Gasteiger partial charge in [0.15, 0.2) is 11.6 Å². The average Bonchev–Trinajstić information content (AvgIpc) is 3.27. The van der Waals surface area contributed by atoms with Crippen molar-refractivity contribution in [1.29, 1.82) is 0 Å². The molecule has 0 bridgehead atoms. The second kappa shape index (κ2) is 8.28. The highest BCUT2D eigenvalue weighted by molar-refractivity contribution is 5.93. The van der Waals surface area contributed by atoms with Crippen molar-refractivity contribution in [2.75, 3.05) is 5.01 Å². The van der Waals surface area contributed by atoms with Gasteiger partial charge < -0.3 is 10.3 Å². The minimum Gasteiger partial charge on any atom is -0.392 e. The van der Waals surface area contributed by atoms with Crippen LogP contribution in [0.5, 0.6) is 0 Å². The molecule has 2 aromatic carbocycles. The summed E-state index contributed by atoms with van der Waals surface area (Å²) in [5.41, 5.74) is 6.62. The van der Waals surface area contributed by atoms with Gasteiger partial charge in [-0.3, -0.25) is 9.99 Å². The maximum Gasteiger partial charge on any atom is 0.276 e. The van der Waals surface area contributed by atoms with Gasteiger partial charge in [0.2, 0.25) is 5.82 Å². The number of para-hydroxylation sites is 1. The van der Waals surface area contributed by atoms with E-state index in [1.54, 1.807) is 18.2 Å². The minimum absolute atomic E-state index is 0.0353. The van der Waals surface area contributed by atoms with Crippen molar-refractivity contribution in [1.82, 2.24) is 15.1 Å². The lowest BCUT2D eigenvalue weighted by atomic mass is 10.1. The first kappa shape index (κ1) is 20.1. The maximum absolute atomic E-state index is 14.4. The van der Waals surface area contributed by atoms with Crippen molar-refractivity contribution in [2.24, 2.45) is 11.6 Å². The second-order valence-corrected chi connectivity index (χ2v) is 6.34. The van der Waals surface area contributed by atoms with Gasteiger partial charge in [0, 0.05) is 18.0 Å². The van der Waals surface area contributed by atoms with Crippen LogP contribution in [-0.2, 0) is 0 Å². The molecule has 0 aliphatic heterocycles. The molecule has 0 saturated heterocycles. The Balaban J connectivity index is 1.85. The first-order valence-electron chi connectivity index (χ1n) is 8.95. The summed E-state index contributed by atoms with van der Waals surface area (Å²) < 4.78 is 47.2. The first-order chi connectivity index (χ1) is 15.0. The summed E-state index contributed by atoms with van der Waals surface area (Å²) in [5.74, 6) is 3.02. The molecular formula is C21H15F3N6O. The molecular weight excluding hydrogens is 409 g/mol. The molecule has 0 unspecified atom stereocenters. The predicted molar refractivity (Wildman–Crippen MR) is 108 cm³/mol. The van der Waals surface area contributed by atoms with Crippen LogP contribution in [0.15, 0.2) is 71.5 Å². The molecule has 156 valence electrons. The number of hydrogen-bond acceptors (Lipinski definition) is 7. The lowest BCUT2D eigenvalue weighted by Crippen LogP contribution is -2.32. The Labute approximate surface area is 174 Å². The van der Waals surface area contributed by atoms with E-state index in [4.69, 9.17) is 16.1 Å². The third-order valence-electron chi connectivity index (χ3n) is 4.41. The first-order valence-corrected chi connectivity index (χ1v) is 8.95. The molecule has 0 saturated carbocycles. The summed E-state index contributed by atoms with van der Waals surface area (Å²) in [5, 5.41) is 4.72. The van der Waals surface area contributed by atoms with Crippen molar-refractivity contribution in [3.8, 4) is 11.4 Å². The molecule has 0 fully saturated rings. The lowest BCUT2D eigenvalue weighted by Gasteiger charge is -2.23. The Morgan fingerprint density at radius 2 is 1.61 bits per heavy atom. The number of benzene rings is 2. The van der Waals surface area contributed by atoms with E-state index in [2.05, 4.69) is 15.1 Å². The molecule has 2 heterocycles. The number of halogens is 3. The maximum atomic E-state index is 14.4. The summed E-state index contributed by atoms with van der Waals surface area (Å²) in [6.07, 6.45) is 3.00. The number of nitrogens with two attached hydrogens (primary N) is 2. The van der Waals surface area contributed by atoms with Crippen molar-refractivity contribution in [3.05, 3.63) is 95.9 Å². The zero-order valence-electron chi connectivity index (χ0n) is 15.8. The van der Waals surface area contributed by atoms with Gasteiger partial charge in [-0.1, -0.05) is 23.4 Å². The van der Waals surface area contributed by atoms with Gasteiger partial charge in [-0.2, -0.15) is 4.98 Å². The number of hydrogen-bond donors (Lipinski definition) is 2. The van der Waals surface area contributed by atoms with Gasteiger partial charge in [-0.05, 0) is 36.4 Å². The van der Waals surface area contributed by atoms with Crippen molar-refractivity contribution >= 4 is 17.1 Å². The van der Waals surface area contributed by atoms with E-state index in [-0.39, 0.29) is 34.4 Å². The summed E-state index contributed by atoms with van der Waals surface area (Å²) in [7, 11) is 0. The van der Waals surface area contributed by atoms with E-state index in [1.165, 1.54) is 42.7 Å². The van der Waals surface area contributed by atoms with Gasteiger partial charge in [-0.25, -0.2) is 19.0 Å². The molecule has 4 rings (SSSR count). The standard InChI is InChI=1S/C21H15F3N6O/c22-14-5-1-2-7-16(14)30(26)19(12-8-10-27-11-9-12)18(25)21-28-20(29-31-21)13-4-3-6-15(23)17(13)24/h1-11H,25-26H2/b19-18-. The van der Waals surface area contributed by atoms with E-state index in [0.717, 1.165) is 11.1 Å². The Hall–Kier alpha value is -4.18. The zero-order chi connectivity index (χ0) is 22.0. The molecule has 4 aromatic rings. The molecule has 0 aliphatic carbocycles. The molecule has 0 spiro atoms. The van der Waals surface area contributed by atoms with Crippen LogP contribution < -0.4 is 16.6 Å². The Kier molecular flexibility index (Phi) is 5.37.